The maximum Gasteiger partial charge on any atom is 0.262 e. The van der Waals surface area contributed by atoms with E-state index in [4.69, 9.17) is 14.2 Å². The molecule has 1 N–H and O–H groups in total. The van der Waals surface area contributed by atoms with Gasteiger partial charge in [-0.2, -0.15) is 0 Å². The van der Waals surface area contributed by atoms with Gasteiger partial charge in [0.15, 0.2) is 18.1 Å². The summed E-state index contributed by atoms with van der Waals surface area (Å²) in [7, 11) is 3.04. The van der Waals surface area contributed by atoms with Crippen molar-refractivity contribution in [3.8, 4) is 17.2 Å². The topological polar surface area (TPSA) is 77.1 Å². The van der Waals surface area contributed by atoms with Crippen LogP contribution in [0.25, 0.3) is 0 Å². The molecule has 3 rings (SSSR count). The minimum absolute atomic E-state index is 0.0586. The molecule has 0 aliphatic rings. The van der Waals surface area contributed by atoms with E-state index >= 15 is 0 Å². The molecule has 0 heterocycles. The quantitative estimate of drug-likeness (QED) is 0.414. The average molecular weight is 477 g/mol. The summed E-state index contributed by atoms with van der Waals surface area (Å²) in [4.78, 5) is 27.7. The molecule has 0 aliphatic heterocycles. The third-order valence-electron chi connectivity index (χ3n) is 5.73. The first kappa shape index (κ1) is 25.6. The molecule has 1 atom stereocenters. The van der Waals surface area contributed by atoms with E-state index in [-0.39, 0.29) is 24.5 Å². The molecule has 0 aliphatic carbocycles. The SMILES string of the molecule is CCC(C)N(Cc1ccccc1)C(=O)c1ccc(OCC(=O)Nc2ccccc2OC)c(OC)c1. The van der Waals surface area contributed by atoms with Gasteiger partial charge in [-0.15, -0.1) is 0 Å². The number of amides is 2. The highest BCUT2D eigenvalue weighted by Gasteiger charge is 2.22. The van der Waals surface area contributed by atoms with Crippen LogP contribution in [0.4, 0.5) is 5.69 Å². The first-order valence-corrected chi connectivity index (χ1v) is 11.5. The van der Waals surface area contributed by atoms with Crippen LogP contribution in [0.2, 0.25) is 0 Å². The van der Waals surface area contributed by atoms with Crippen LogP contribution in [0.15, 0.2) is 72.8 Å². The van der Waals surface area contributed by atoms with E-state index < -0.39 is 0 Å². The van der Waals surface area contributed by atoms with E-state index in [0.717, 1.165) is 12.0 Å². The van der Waals surface area contributed by atoms with Crippen LogP contribution in [-0.2, 0) is 11.3 Å². The van der Waals surface area contributed by atoms with Crippen LogP contribution in [0.3, 0.4) is 0 Å². The van der Waals surface area contributed by atoms with Gasteiger partial charge in [-0.1, -0.05) is 49.4 Å². The lowest BCUT2D eigenvalue weighted by Gasteiger charge is -2.29. The number of para-hydroxylation sites is 2. The van der Waals surface area contributed by atoms with E-state index in [1.54, 1.807) is 36.4 Å². The molecule has 0 saturated heterocycles. The maximum atomic E-state index is 13.4. The molecular weight excluding hydrogens is 444 g/mol. The van der Waals surface area contributed by atoms with Crippen LogP contribution in [-0.4, -0.2) is 43.6 Å². The number of anilines is 1. The normalized spacial score (nSPS) is 11.3. The highest BCUT2D eigenvalue weighted by Crippen LogP contribution is 2.30. The molecule has 0 saturated carbocycles. The van der Waals surface area contributed by atoms with E-state index in [1.807, 2.05) is 48.2 Å². The Bertz CT molecular complexity index is 1130. The van der Waals surface area contributed by atoms with Gasteiger partial charge < -0.3 is 24.4 Å². The highest BCUT2D eigenvalue weighted by atomic mass is 16.5. The molecule has 3 aromatic carbocycles. The van der Waals surface area contributed by atoms with Gasteiger partial charge in [0.1, 0.15) is 5.75 Å². The van der Waals surface area contributed by atoms with E-state index in [0.29, 0.717) is 35.0 Å². The third-order valence-corrected chi connectivity index (χ3v) is 5.73. The molecule has 3 aromatic rings. The lowest BCUT2D eigenvalue weighted by molar-refractivity contribution is -0.118. The van der Waals surface area contributed by atoms with Crippen molar-refractivity contribution in [1.29, 1.82) is 0 Å². The number of carbonyl (C=O) groups is 2. The van der Waals surface area contributed by atoms with Crippen molar-refractivity contribution in [2.24, 2.45) is 0 Å². The van der Waals surface area contributed by atoms with Crippen LogP contribution in [0.5, 0.6) is 17.2 Å². The Morgan fingerprint density at radius 1 is 0.886 bits per heavy atom. The highest BCUT2D eigenvalue weighted by molar-refractivity contribution is 5.95. The zero-order chi connectivity index (χ0) is 25.2. The number of nitrogens with one attached hydrogen (secondary N) is 1. The van der Waals surface area contributed by atoms with E-state index in [9.17, 15) is 9.59 Å². The van der Waals surface area contributed by atoms with Gasteiger partial charge in [-0.05, 0) is 49.2 Å². The molecule has 1 unspecified atom stereocenters. The van der Waals surface area contributed by atoms with Gasteiger partial charge in [-0.3, -0.25) is 9.59 Å². The lowest BCUT2D eigenvalue weighted by atomic mass is 10.1. The zero-order valence-corrected chi connectivity index (χ0v) is 20.6. The molecule has 184 valence electrons. The molecule has 0 aromatic heterocycles. The van der Waals surface area contributed by atoms with Gasteiger partial charge in [-0.25, -0.2) is 0 Å². The minimum Gasteiger partial charge on any atom is -0.495 e. The molecule has 2 amide bonds. The fraction of sp³-hybridized carbons (Fsp3) is 0.286. The van der Waals surface area contributed by atoms with Gasteiger partial charge in [0.25, 0.3) is 11.8 Å². The summed E-state index contributed by atoms with van der Waals surface area (Å²) in [6.45, 7) is 4.38. The van der Waals surface area contributed by atoms with Gasteiger partial charge in [0.2, 0.25) is 0 Å². The molecule has 0 spiro atoms. The Morgan fingerprint density at radius 3 is 2.26 bits per heavy atom. The smallest absolute Gasteiger partial charge is 0.262 e. The summed E-state index contributed by atoms with van der Waals surface area (Å²) in [6.07, 6.45) is 0.832. The number of carbonyl (C=O) groups excluding carboxylic acids is 2. The molecule has 0 radical (unpaired) electrons. The second-order valence-corrected chi connectivity index (χ2v) is 8.08. The number of nitrogens with zero attached hydrogens (tertiary/aromatic N) is 1. The number of ether oxygens (including phenoxy) is 3. The fourth-order valence-corrected chi connectivity index (χ4v) is 3.59. The van der Waals surface area contributed by atoms with Crippen molar-refractivity contribution in [2.75, 3.05) is 26.1 Å². The predicted molar refractivity (Wildman–Crippen MR) is 136 cm³/mol. The van der Waals surface area contributed by atoms with Crippen molar-refractivity contribution in [1.82, 2.24) is 4.90 Å². The summed E-state index contributed by atoms with van der Waals surface area (Å²) < 4.78 is 16.4. The second kappa shape index (κ2) is 12.5. The van der Waals surface area contributed by atoms with Crippen LogP contribution in [0, 0.1) is 0 Å². The van der Waals surface area contributed by atoms with Crippen LogP contribution >= 0.6 is 0 Å². The first-order chi connectivity index (χ1) is 17.0. The second-order valence-electron chi connectivity index (χ2n) is 8.08. The molecule has 7 heteroatoms. The Kier molecular flexibility index (Phi) is 9.12. The van der Waals surface area contributed by atoms with Crippen molar-refractivity contribution in [3.05, 3.63) is 83.9 Å². The number of benzene rings is 3. The number of hydrogen-bond acceptors (Lipinski definition) is 5. The van der Waals surface area contributed by atoms with Gasteiger partial charge in [0, 0.05) is 18.2 Å². The molecule has 0 bridgehead atoms. The summed E-state index contributed by atoms with van der Waals surface area (Å²) in [5.74, 6) is 0.870. The van der Waals surface area contributed by atoms with Crippen LogP contribution < -0.4 is 19.5 Å². The monoisotopic (exact) mass is 476 g/mol. The Morgan fingerprint density at radius 2 is 1.57 bits per heavy atom. The molecule has 0 fully saturated rings. The number of hydrogen-bond donors (Lipinski definition) is 1. The summed E-state index contributed by atoms with van der Waals surface area (Å²) in [5.41, 5.74) is 2.11. The summed E-state index contributed by atoms with van der Waals surface area (Å²) in [6, 6.07) is 22.1. The van der Waals surface area contributed by atoms with Gasteiger partial charge >= 0.3 is 0 Å². The molecular formula is C28H32N2O5. The first-order valence-electron chi connectivity index (χ1n) is 11.5. The van der Waals surface area contributed by atoms with Gasteiger partial charge in [0.05, 0.1) is 19.9 Å². The fourth-order valence-electron chi connectivity index (χ4n) is 3.59. The van der Waals surface area contributed by atoms with E-state index in [1.165, 1.54) is 14.2 Å². The third kappa shape index (κ3) is 6.76. The predicted octanol–water partition coefficient (Wildman–Crippen LogP) is 5.16. The summed E-state index contributed by atoms with van der Waals surface area (Å²) >= 11 is 0. The number of rotatable bonds is 11. The Labute approximate surface area is 206 Å². The molecule has 7 nitrogen and oxygen atoms in total. The minimum atomic E-state index is -0.345. The van der Waals surface area contributed by atoms with E-state index in [2.05, 4.69) is 12.2 Å². The van der Waals surface area contributed by atoms with Crippen molar-refractivity contribution in [3.63, 3.8) is 0 Å². The van der Waals surface area contributed by atoms with Crippen LogP contribution in [0.1, 0.15) is 36.2 Å². The average Bonchev–Trinajstić information content (AvgIpc) is 2.90. The summed E-state index contributed by atoms with van der Waals surface area (Å²) in [5, 5.41) is 2.77. The maximum absolute atomic E-state index is 13.4. The Hall–Kier alpha value is -4.00. The lowest BCUT2D eigenvalue weighted by Crippen LogP contribution is -2.37. The standard InChI is InChI=1S/C28H32N2O5/c1-5-20(2)30(18-21-11-7-6-8-12-21)28(32)22-15-16-25(26(17-22)34-4)35-19-27(31)29-23-13-9-10-14-24(23)33-3/h6-17,20H,5,18-19H2,1-4H3,(H,29,31). The Balaban J connectivity index is 1.71. The van der Waals surface area contributed by atoms with Crippen molar-refractivity contribution in [2.45, 2.75) is 32.9 Å². The zero-order valence-electron chi connectivity index (χ0n) is 20.6. The molecule has 35 heavy (non-hydrogen) atoms. The number of methoxy groups -OCH3 is 2. The van der Waals surface area contributed by atoms with Crippen molar-refractivity contribution < 1.29 is 23.8 Å². The largest absolute Gasteiger partial charge is 0.495 e. The van der Waals surface area contributed by atoms with Crippen molar-refractivity contribution >= 4 is 17.5 Å².